The SMILES string of the molecule is Cc1cc(C(=O)NC2(C)CC2)cc(S(N)(=O)=O)c1. The fraction of sp³-hybridized carbons (Fsp3) is 0.417. The fourth-order valence-electron chi connectivity index (χ4n) is 1.70. The van der Waals surface area contributed by atoms with Crippen molar-refractivity contribution in [3.63, 3.8) is 0 Å². The van der Waals surface area contributed by atoms with Crippen LogP contribution in [0, 0.1) is 6.92 Å². The fourth-order valence-corrected chi connectivity index (χ4v) is 2.34. The molecule has 0 saturated heterocycles. The van der Waals surface area contributed by atoms with Crippen LogP contribution < -0.4 is 10.5 Å². The first-order valence-electron chi connectivity index (χ1n) is 5.67. The van der Waals surface area contributed by atoms with E-state index in [1.54, 1.807) is 13.0 Å². The first-order valence-corrected chi connectivity index (χ1v) is 7.21. The second-order valence-electron chi connectivity index (χ2n) is 5.09. The first kappa shape index (κ1) is 13.0. The third-order valence-corrected chi connectivity index (χ3v) is 3.95. The normalized spacial score (nSPS) is 17.3. The highest BCUT2D eigenvalue weighted by atomic mass is 32.2. The van der Waals surface area contributed by atoms with Crippen LogP contribution in [0.15, 0.2) is 23.1 Å². The predicted molar refractivity (Wildman–Crippen MR) is 67.7 cm³/mol. The molecule has 6 heteroatoms. The summed E-state index contributed by atoms with van der Waals surface area (Å²) in [5, 5.41) is 7.95. The summed E-state index contributed by atoms with van der Waals surface area (Å²) in [6, 6.07) is 4.41. The average molecular weight is 268 g/mol. The van der Waals surface area contributed by atoms with Crippen molar-refractivity contribution >= 4 is 15.9 Å². The quantitative estimate of drug-likeness (QED) is 0.854. The number of primary sulfonamides is 1. The lowest BCUT2D eigenvalue weighted by Gasteiger charge is -2.12. The van der Waals surface area contributed by atoms with Gasteiger partial charge in [-0.25, -0.2) is 13.6 Å². The van der Waals surface area contributed by atoms with Crippen LogP contribution in [0.3, 0.4) is 0 Å². The van der Waals surface area contributed by atoms with E-state index in [4.69, 9.17) is 5.14 Å². The van der Waals surface area contributed by atoms with Gasteiger partial charge in [-0.05, 0) is 50.5 Å². The predicted octanol–water partition coefficient (Wildman–Crippen LogP) is 0.925. The molecule has 1 aliphatic rings. The molecule has 1 aliphatic carbocycles. The minimum Gasteiger partial charge on any atom is -0.347 e. The molecule has 1 aromatic carbocycles. The van der Waals surface area contributed by atoms with Gasteiger partial charge in [-0.1, -0.05) is 0 Å². The number of carbonyl (C=O) groups excluding carboxylic acids is 1. The van der Waals surface area contributed by atoms with Gasteiger partial charge in [-0.15, -0.1) is 0 Å². The number of amides is 1. The van der Waals surface area contributed by atoms with Crippen LogP contribution in [0.1, 0.15) is 35.7 Å². The zero-order valence-electron chi connectivity index (χ0n) is 10.4. The Morgan fingerprint density at radius 2 is 1.94 bits per heavy atom. The summed E-state index contributed by atoms with van der Waals surface area (Å²) in [7, 11) is -3.79. The molecule has 1 amide bonds. The average Bonchev–Trinajstić information content (AvgIpc) is 2.93. The second-order valence-corrected chi connectivity index (χ2v) is 6.66. The number of nitrogens with two attached hydrogens (primary N) is 1. The van der Waals surface area contributed by atoms with Crippen molar-refractivity contribution in [2.75, 3.05) is 0 Å². The Hall–Kier alpha value is -1.40. The number of hydrogen-bond donors (Lipinski definition) is 2. The summed E-state index contributed by atoms with van der Waals surface area (Å²) >= 11 is 0. The Kier molecular flexibility index (Phi) is 2.95. The number of hydrogen-bond acceptors (Lipinski definition) is 3. The van der Waals surface area contributed by atoms with Crippen molar-refractivity contribution in [3.8, 4) is 0 Å². The van der Waals surface area contributed by atoms with Crippen LogP contribution >= 0.6 is 0 Å². The van der Waals surface area contributed by atoms with Gasteiger partial charge in [0.1, 0.15) is 0 Å². The molecule has 0 aromatic heterocycles. The molecular formula is C12H16N2O3S. The van der Waals surface area contributed by atoms with Crippen molar-refractivity contribution in [3.05, 3.63) is 29.3 Å². The molecule has 18 heavy (non-hydrogen) atoms. The van der Waals surface area contributed by atoms with Gasteiger partial charge in [0, 0.05) is 11.1 Å². The molecule has 1 fully saturated rings. The minimum atomic E-state index is -3.79. The van der Waals surface area contributed by atoms with Gasteiger partial charge in [0.05, 0.1) is 4.90 Å². The Balaban J connectivity index is 2.33. The highest BCUT2D eigenvalue weighted by molar-refractivity contribution is 7.89. The summed E-state index contributed by atoms with van der Waals surface area (Å²) in [6.07, 6.45) is 1.90. The first-order chi connectivity index (χ1) is 8.20. The van der Waals surface area contributed by atoms with Gasteiger partial charge in [0.15, 0.2) is 0 Å². The Bertz CT molecular complexity index is 604. The number of rotatable bonds is 3. The second kappa shape index (κ2) is 4.07. The van der Waals surface area contributed by atoms with E-state index >= 15 is 0 Å². The Labute approximate surface area is 106 Å². The number of nitrogens with one attached hydrogen (secondary N) is 1. The van der Waals surface area contributed by atoms with Crippen molar-refractivity contribution in [1.29, 1.82) is 0 Å². The largest absolute Gasteiger partial charge is 0.347 e. The lowest BCUT2D eigenvalue weighted by molar-refractivity contribution is 0.0935. The van der Waals surface area contributed by atoms with Crippen LogP contribution in [0.4, 0.5) is 0 Å². The highest BCUT2D eigenvalue weighted by Gasteiger charge is 2.38. The number of carbonyl (C=O) groups is 1. The van der Waals surface area contributed by atoms with Crippen molar-refractivity contribution in [2.24, 2.45) is 5.14 Å². The molecule has 0 aliphatic heterocycles. The Morgan fingerprint density at radius 1 is 1.33 bits per heavy atom. The van der Waals surface area contributed by atoms with Crippen molar-refractivity contribution < 1.29 is 13.2 Å². The van der Waals surface area contributed by atoms with Gasteiger partial charge in [-0.2, -0.15) is 0 Å². The minimum absolute atomic E-state index is 0.0337. The number of benzene rings is 1. The third kappa shape index (κ3) is 2.88. The van der Waals surface area contributed by atoms with E-state index in [-0.39, 0.29) is 16.3 Å². The number of sulfonamides is 1. The van der Waals surface area contributed by atoms with Crippen molar-refractivity contribution in [1.82, 2.24) is 5.32 Å². The smallest absolute Gasteiger partial charge is 0.251 e. The van der Waals surface area contributed by atoms with Gasteiger partial charge in [0.25, 0.3) is 5.91 Å². The zero-order chi connectivity index (χ0) is 13.6. The van der Waals surface area contributed by atoms with Crippen LogP contribution in [-0.4, -0.2) is 19.9 Å². The van der Waals surface area contributed by atoms with Crippen LogP contribution in [0.5, 0.6) is 0 Å². The van der Waals surface area contributed by atoms with Gasteiger partial charge in [-0.3, -0.25) is 4.79 Å². The lowest BCUT2D eigenvalue weighted by Crippen LogP contribution is -2.34. The van der Waals surface area contributed by atoms with E-state index in [1.165, 1.54) is 12.1 Å². The van der Waals surface area contributed by atoms with Gasteiger partial charge >= 0.3 is 0 Å². The van der Waals surface area contributed by atoms with E-state index in [2.05, 4.69) is 5.32 Å². The summed E-state index contributed by atoms with van der Waals surface area (Å²) in [4.78, 5) is 12.0. The molecule has 2 rings (SSSR count). The molecule has 3 N–H and O–H groups in total. The van der Waals surface area contributed by atoms with E-state index in [0.717, 1.165) is 12.8 Å². The number of aryl methyl sites for hydroxylation is 1. The molecule has 1 saturated carbocycles. The molecule has 5 nitrogen and oxygen atoms in total. The molecule has 0 bridgehead atoms. The third-order valence-electron chi connectivity index (χ3n) is 3.06. The molecule has 0 radical (unpaired) electrons. The highest BCUT2D eigenvalue weighted by Crippen LogP contribution is 2.34. The lowest BCUT2D eigenvalue weighted by atomic mass is 10.1. The van der Waals surface area contributed by atoms with E-state index in [9.17, 15) is 13.2 Å². The van der Waals surface area contributed by atoms with Gasteiger partial charge in [0.2, 0.25) is 10.0 Å². The van der Waals surface area contributed by atoms with Crippen LogP contribution in [-0.2, 0) is 10.0 Å². The molecular weight excluding hydrogens is 252 g/mol. The maximum absolute atomic E-state index is 12.0. The molecule has 0 spiro atoms. The topological polar surface area (TPSA) is 89.3 Å². The van der Waals surface area contributed by atoms with Crippen molar-refractivity contribution in [2.45, 2.75) is 37.1 Å². The summed E-state index contributed by atoms with van der Waals surface area (Å²) in [5.74, 6) is -0.261. The summed E-state index contributed by atoms with van der Waals surface area (Å²) in [5.41, 5.74) is 0.877. The van der Waals surface area contributed by atoms with Gasteiger partial charge < -0.3 is 5.32 Å². The van der Waals surface area contributed by atoms with E-state index < -0.39 is 10.0 Å². The maximum atomic E-state index is 12.0. The van der Waals surface area contributed by atoms with Crippen LogP contribution in [0.25, 0.3) is 0 Å². The molecule has 1 aromatic rings. The van der Waals surface area contributed by atoms with E-state index in [1.807, 2.05) is 6.92 Å². The standard InChI is InChI=1S/C12H16N2O3S/c1-8-5-9(7-10(6-8)18(13,16)17)11(15)14-12(2)3-4-12/h5-7H,3-4H2,1-2H3,(H,14,15)(H2,13,16,17). The molecule has 0 unspecified atom stereocenters. The monoisotopic (exact) mass is 268 g/mol. The summed E-state index contributed by atoms with van der Waals surface area (Å²) < 4.78 is 22.6. The molecule has 98 valence electrons. The maximum Gasteiger partial charge on any atom is 0.251 e. The summed E-state index contributed by atoms with van der Waals surface area (Å²) in [6.45, 7) is 3.69. The molecule has 0 atom stereocenters. The Morgan fingerprint density at radius 3 is 2.44 bits per heavy atom. The zero-order valence-corrected chi connectivity index (χ0v) is 11.2. The van der Waals surface area contributed by atoms with E-state index in [0.29, 0.717) is 11.1 Å². The van der Waals surface area contributed by atoms with Crippen LogP contribution in [0.2, 0.25) is 0 Å². The molecule has 0 heterocycles.